The van der Waals surface area contributed by atoms with Crippen LogP contribution in [0.5, 0.6) is 0 Å². The number of allylic oxidation sites excluding steroid dienone is 1. The molecule has 0 aliphatic carbocycles. The largest absolute Gasteiger partial charge is 0.366 e. The zero-order valence-electron chi connectivity index (χ0n) is 10.1. The van der Waals surface area contributed by atoms with Gasteiger partial charge < -0.3 is 10.3 Å². The minimum absolute atomic E-state index is 0.381. The van der Waals surface area contributed by atoms with Gasteiger partial charge in [0.15, 0.2) is 0 Å². The average molecular weight is 257 g/mol. The molecule has 19 heavy (non-hydrogen) atoms. The molecule has 96 valence electrons. The van der Waals surface area contributed by atoms with E-state index in [2.05, 4.69) is 4.98 Å². The number of fused-ring (bicyclic) bond motifs is 1. The highest BCUT2D eigenvalue weighted by Gasteiger charge is 2.21. The Morgan fingerprint density at radius 1 is 1.47 bits per heavy atom. The van der Waals surface area contributed by atoms with E-state index < -0.39 is 11.9 Å². The van der Waals surface area contributed by atoms with Crippen molar-refractivity contribution in [3.05, 3.63) is 47.7 Å². The molecule has 3 rings (SSSR count). The number of nitrogens with two attached hydrogens (primary N) is 1. The summed E-state index contributed by atoms with van der Waals surface area (Å²) in [4.78, 5) is 15.1. The molecule has 2 N–H and O–H groups in total. The molecule has 1 amide bonds. The van der Waals surface area contributed by atoms with E-state index in [1.165, 1.54) is 6.20 Å². The molecule has 2 aromatic heterocycles. The third-order valence-electron chi connectivity index (χ3n) is 3.23. The number of nitrogens with zero attached hydrogens (tertiary/aromatic N) is 2. The number of amides is 1. The van der Waals surface area contributed by atoms with Crippen molar-refractivity contribution in [2.75, 3.05) is 0 Å². The lowest BCUT2D eigenvalue weighted by atomic mass is 10.1. The van der Waals surface area contributed by atoms with E-state index in [4.69, 9.17) is 5.73 Å². The fourth-order valence-electron chi connectivity index (χ4n) is 2.38. The van der Waals surface area contributed by atoms with Crippen LogP contribution >= 0.6 is 0 Å². The lowest BCUT2D eigenvalue weighted by Gasteiger charge is -2.14. The maximum atomic E-state index is 13.8. The van der Waals surface area contributed by atoms with Crippen molar-refractivity contribution in [3.8, 4) is 11.3 Å². The minimum atomic E-state index is -0.548. The molecule has 0 unspecified atom stereocenters. The van der Waals surface area contributed by atoms with E-state index in [-0.39, 0.29) is 0 Å². The van der Waals surface area contributed by atoms with Crippen LogP contribution in [0, 0.1) is 5.95 Å². The number of carbonyl (C=O) groups excluding carboxylic acids is 1. The van der Waals surface area contributed by atoms with Crippen LogP contribution in [0.15, 0.2) is 30.5 Å². The zero-order chi connectivity index (χ0) is 13.4. The van der Waals surface area contributed by atoms with Crippen molar-refractivity contribution >= 4 is 12.0 Å². The maximum absolute atomic E-state index is 13.8. The van der Waals surface area contributed by atoms with Crippen LogP contribution in [0.25, 0.3) is 17.3 Å². The summed E-state index contributed by atoms with van der Waals surface area (Å²) in [5.41, 5.74) is 7.54. The van der Waals surface area contributed by atoms with E-state index in [1.807, 2.05) is 16.7 Å². The Bertz CT molecular complexity index is 688. The van der Waals surface area contributed by atoms with Crippen LogP contribution in [0.3, 0.4) is 0 Å². The summed E-state index contributed by atoms with van der Waals surface area (Å²) in [5, 5.41) is 0. The molecule has 1 aliphatic rings. The molecule has 5 heteroatoms. The molecule has 0 bridgehead atoms. The molecule has 0 atom stereocenters. The molecule has 2 aromatic rings. The van der Waals surface area contributed by atoms with Gasteiger partial charge in [0.2, 0.25) is 5.95 Å². The average Bonchev–Trinajstić information content (AvgIpc) is 2.79. The normalized spacial score (nSPS) is 13.3. The summed E-state index contributed by atoms with van der Waals surface area (Å²) in [6.45, 7) is 0.697. The van der Waals surface area contributed by atoms with Crippen molar-refractivity contribution in [2.24, 2.45) is 5.73 Å². The summed E-state index contributed by atoms with van der Waals surface area (Å²) in [6, 6.07) is 4.95. The Morgan fingerprint density at radius 2 is 2.32 bits per heavy atom. The SMILES string of the molecule is NC(=O)c1cc(-c2cccnc2F)n2c1C=CCC2. The van der Waals surface area contributed by atoms with Gasteiger partial charge >= 0.3 is 0 Å². The number of aromatic nitrogens is 2. The molecule has 0 aromatic carbocycles. The number of halogens is 1. The minimum Gasteiger partial charge on any atom is -0.366 e. The Kier molecular flexibility index (Phi) is 2.67. The summed E-state index contributed by atoms with van der Waals surface area (Å²) >= 11 is 0. The van der Waals surface area contributed by atoms with Crippen LogP contribution < -0.4 is 5.73 Å². The fourth-order valence-corrected chi connectivity index (χ4v) is 2.38. The first-order valence-electron chi connectivity index (χ1n) is 5.99. The van der Waals surface area contributed by atoms with Gasteiger partial charge in [-0.15, -0.1) is 0 Å². The molecule has 0 radical (unpaired) electrons. The predicted octanol–water partition coefficient (Wildman–Crippen LogP) is 2.21. The Morgan fingerprint density at radius 3 is 3.05 bits per heavy atom. The predicted molar refractivity (Wildman–Crippen MR) is 69.8 cm³/mol. The van der Waals surface area contributed by atoms with Gasteiger partial charge in [-0.05, 0) is 30.7 Å². The number of carbonyl (C=O) groups is 1. The van der Waals surface area contributed by atoms with E-state index in [0.717, 1.165) is 12.1 Å². The fraction of sp³-hybridized carbons (Fsp3) is 0.143. The standard InChI is InChI=1S/C14H12FN3O/c15-13-9(4-3-6-17-13)12-8-10(14(16)19)11-5-1-2-7-18(11)12/h1,3-6,8H,2,7H2,(H2,16,19). The first kappa shape index (κ1) is 11.6. The van der Waals surface area contributed by atoms with E-state index in [0.29, 0.717) is 23.4 Å². The van der Waals surface area contributed by atoms with Crippen molar-refractivity contribution < 1.29 is 9.18 Å². The number of rotatable bonds is 2. The van der Waals surface area contributed by atoms with Crippen molar-refractivity contribution in [3.63, 3.8) is 0 Å². The number of hydrogen-bond acceptors (Lipinski definition) is 2. The number of pyridine rings is 1. The van der Waals surface area contributed by atoms with Crippen LogP contribution in [-0.2, 0) is 6.54 Å². The maximum Gasteiger partial charge on any atom is 0.250 e. The molecule has 1 aliphatic heterocycles. The highest BCUT2D eigenvalue weighted by molar-refractivity contribution is 5.98. The van der Waals surface area contributed by atoms with Gasteiger partial charge in [-0.2, -0.15) is 4.39 Å². The van der Waals surface area contributed by atoms with E-state index >= 15 is 0 Å². The smallest absolute Gasteiger partial charge is 0.250 e. The van der Waals surface area contributed by atoms with Gasteiger partial charge in [-0.3, -0.25) is 4.79 Å². The van der Waals surface area contributed by atoms with Crippen LogP contribution in [0.2, 0.25) is 0 Å². The summed E-state index contributed by atoms with van der Waals surface area (Å²) in [5.74, 6) is -1.06. The summed E-state index contributed by atoms with van der Waals surface area (Å²) < 4.78 is 15.7. The summed E-state index contributed by atoms with van der Waals surface area (Å²) in [7, 11) is 0. The lowest BCUT2D eigenvalue weighted by molar-refractivity contribution is 0.1000. The topological polar surface area (TPSA) is 60.9 Å². The Labute approximate surface area is 109 Å². The van der Waals surface area contributed by atoms with Crippen LogP contribution in [-0.4, -0.2) is 15.5 Å². The summed E-state index contributed by atoms with van der Waals surface area (Å²) in [6.07, 6.45) is 6.06. The van der Waals surface area contributed by atoms with Crippen molar-refractivity contribution in [1.82, 2.24) is 9.55 Å². The van der Waals surface area contributed by atoms with Gasteiger partial charge in [0.25, 0.3) is 5.91 Å². The molecule has 0 saturated heterocycles. The third kappa shape index (κ3) is 1.83. The highest BCUT2D eigenvalue weighted by atomic mass is 19.1. The first-order chi connectivity index (χ1) is 9.18. The molecular weight excluding hydrogens is 245 g/mol. The zero-order valence-corrected chi connectivity index (χ0v) is 10.1. The number of primary amides is 1. The quantitative estimate of drug-likeness (QED) is 0.838. The van der Waals surface area contributed by atoms with Crippen LogP contribution in [0.1, 0.15) is 22.5 Å². The Balaban J connectivity index is 2.26. The second-order valence-electron chi connectivity index (χ2n) is 4.38. The first-order valence-corrected chi connectivity index (χ1v) is 5.99. The molecule has 4 nitrogen and oxygen atoms in total. The Hall–Kier alpha value is -2.43. The highest BCUT2D eigenvalue weighted by Crippen LogP contribution is 2.30. The molecule has 0 spiro atoms. The van der Waals surface area contributed by atoms with Crippen molar-refractivity contribution in [1.29, 1.82) is 0 Å². The second kappa shape index (κ2) is 4.35. The second-order valence-corrected chi connectivity index (χ2v) is 4.38. The van der Waals surface area contributed by atoms with Gasteiger partial charge in [0.05, 0.1) is 22.5 Å². The van der Waals surface area contributed by atoms with Gasteiger partial charge in [0, 0.05) is 12.7 Å². The van der Waals surface area contributed by atoms with Gasteiger partial charge in [-0.25, -0.2) is 4.98 Å². The van der Waals surface area contributed by atoms with Crippen molar-refractivity contribution in [2.45, 2.75) is 13.0 Å². The monoisotopic (exact) mass is 257 g/mol. The molecule has 0 saturated carbocycles. The molecular formula is C14H12FN3O. The van der Waals surface area contributed by atoms with E-state index in [1.54, 1.807) is 18.2 Å². The van der Waals surface area contributed by atoms with Gasteiger partial charge in [-0.1, -0.05) is 6.08 Å². The van der Waals surface area contributed by atoms with Crippen LogP contribution in [0.4, 0.5) is 4.39 Å². The molecule has 0 fully saturated rings. The lowest BCUT2D eigenvalue weighted by Crippen LogP contribution is -2.13. The molecule has 3 heterocycles. The van der Waals surface area contributed by atoms with E-state index in [9.17, 15) is 9.18 Å². The van der Waals surface area contributed by atoms with Gasteiger partial charge in [0.1, 0.15) is 0 Å². The third-order valence-corrected chi connectivity index (χ3v) is 3.23. The number of hydrogen-bond donors (Lipinski definition) is 1.